The van der Waals surface area contributed by atoms with Crippen LogP contribution in [0.3, 0.4) is 0 Å². The van der Waals surface area contributed by atoms with Gasteiger partial charge in [0.2, 0.25) is 0 Å². The molecule has 1 aromatic carbocycles. The standard InChI is InChI=1S/C10H15BrN2O/c11-8-1-3-9(4-2-8)13-7-10(14)5-6-12/h1-4,10,13-14H,5-7,12H2. The predicted molar refractivity (Wildman–Crippen MR) is 62.3 cm³/mol. The van der Waals surface area contributed by atoms with Crippen molar-refractivity contribution in [2.75, 3.05) is 18.4 Å². The molecule has 1 atom stereocenters. The van der Waals surface area contributed by atoms with Gasteiger partial charge in [-0.2, -0.15) is 0 Å². The van der Waals surface area contributed by atoms with Crippen molar-refractivity contribution in [3.05, 3.63) is 28.7 Å². The lowest BCUT2D eigenvalue weighted by molar-refractivity contribution is 0.180. The molecule has 0 saturated carbocycles. The van der Waals surface area contributed by atoms with Crippen LogP contribution in [-0.4, -0.2) is 24.3 Å². The Hall–Kier alpha value is -0.580. The number of nitrogens with one attached hydrogen (secondary N) is 1. The molecule has 3 nitrogen and oxygen atoms in total. The molecule has 0 aliphatic heterocycles. The smallest absolute Gasteiger partial charge is 0.0724 e. The number of anilines is 1. The highest BCUT2D eigenvalue weighted by Gasteiger charge is 2.01. The molecule has 14 heavy (non-hydrogen) atoms. The Balaban J connectivity index is 2.34. The number of rotatable bonds is 5. The molecule has 1 aromatic rings. The van der Waals surface area contributed by atoms with Gasteiger partial charge in [-0.25, -0.2) is 0 Å². The van der Waals surface area contributed by atoms with Gasteiger partial charge in [0, 0.05) is 16.7 Å². The molecule has 0 saturated heterocycles. The van der Waals surface area contributed by atoms with Crippen LogP contribution in [0.5, 0.6) is 0 Å². The highest BCUT2D eigenvalue weighted by molar-refractivity contribution is 9.10. The number of nitrogens with two attached hydrogens (primary N) is 1. The topological polar surface area (TPSA) is 58.3 Å². The summed E-state index contributed by atoms with van der Waals surface area (Å²) in [7, 11) is 0. The van der Waals surface area contributed by atoms with Crippen LogP contribution in [0.1, 0.15) is 6.42 Å². The van der Waals surface area contributed by atoms with Crippen molar-refractivity contribution >= 4 is 21.6 Å². The van der Waals surface area contributed by atoms with Crippen molar-refractivity contribution < 1.29 is 5.11 Å². The molecule has 0 heterocycles. The first-order chi connectivity index (χ1) is 6.72. The second-order valence-corrected chi connectivity index (χ2v) is 4.03. The van der Waals surface area contributed by atoms with Crippen LogP contribution in [0.4, 0.5) is 5.69 Å². The normalized spacial score (nSPS) is 12.5. The zero-order chi connectivity index (χ0) is 10.4. The second kappa shape index (κ2) is 6.01. The minimum Gasteiger partial charge on any atom is -0.391 e. The van der Waals surface area contributed by atoms with Gasteiger partial charge in [-0.15, -0.1) is 0 Å². The fourth-order valence-electron chi connectivity index (χ4n) is 1.10. The van der Waals surface area contributed by atoms with E-state index in [0.29, 0.717) is 19.5 Å². The summed E-state index contributed by atoms with van der Waals surface area (Å²) in [5.41, 5.74) is 6.33. The number of aliphatic hydroxyl groups is 1. The van der Waals surface area contributed by atoms with Gasteiger partial charge in [-0.05, 0) is 37.2 Å². The molecule has 4 N–H and O–H groups in total. The third kappa shape index (κ3) is 4.09. The molecule has 0 aliphatic rings. The van der Waals surface area contributed by atoms with Crippen molar-refractivity contribution in [3.63, 3.8) is 0 Å². The molecule has 0 amide bonds. The summed E-state index contributed by atoms with van der Waals surface area (Å²) in [4.78, 5) is 0. The maximum absolute atomic E-state index is 9.41. The first-order valence-electron chi connectivity index (χ1n) is 4.60. The molecule has 0 bridgehead atoms. The molecule has 0 aliphatic carbocycles. The lowest BCUT2D eigenvalue weighted by Crippen LogP contribution is -2.22. The number of benzene rings is 1. The van der Waals surface area contributed by atoms with E-state index in [1.54, 1.807) is 0 Å². The largest absolute Gasteiger partial charge is 0.391 e. The first kappa shape index (κ1) is 11.5. The maximum Gasteiger partial charge on any atom is 0.0724 e. The maximum atomic E-state index is 9.41. The Morgan fingerprint density at radius 3 is 2.57 bits per heavy atom. The monoisotopic (exact) mass is 258 g/mol. The van der Waals surface area contributed by atoms with Crippen LogP contribution in [0.25, 0.3) is 0 Å². The van der Waals surface area contributed by atoms with Crippen LogP contribution in [0.2, 0.25) is 0 Å². The summed E-state index contributed by atoms with van der Waals surface area (Å²) in [5, 5.41) is 12.5. The van der Waals surface area contributed by atoms with Crippen molar-refractivity contribution in [1.29, 1.82) is 0 Å². The number of aliphatic hydroxyl groups excluding tert-OH is 1. The Morgan fingerprint density at radius 2 is 2.00 bits per heavy atom. The average molecular weight is 259 g/mol. The first-order valence-corrected chi connectivity index (χ1v) is 5.39. The summed E-state index contributed by atoms with van der Waals surface area (Å²) >= 11 is 3.36. The van der Waals surface area contributed by atoms with E-state index in [1.165, 1.54) is 0 Å². The summed E-state index contributed by atoms with van der Waals surface area (Å²) in [6.45, 7) is 1.06. The van der Waals surface area contributed by atoms with E-state index in [1.807, 2.05) is 24.3 Å². The van der Waals surface area contributed by atoms with Gasteiger partial charge in [-0.3, -0.25) is 0 Å². The summed E-state index contributed by atoms with van der Waals surface area (Å²) in [6.07, 6.45) is 0.257. The highest BCUT2D eigenvalue weighted by atomic mass is 79.9. The number of hydrogen-bond acceptors (Lipinski definition) is 3. The zero-order valence-corrected chi connectivity index (χ0v) is 9.50. The number of hydrogen-bond donors (Lipinski definition) is 3. The molecule has 0 fully saturated rings. The quantitative estimate of drug-likeness (QED) is 0.752. The molecule has 0 radical (unpaired) electrons. The van der Waals surface area contributed by atoms with Crippen LogP contribution in [0.15, 0.2) is 28.7 Å². The Kier molecular flexibility index (Phi) is 4.93. The number of halogens is 1. The van der Waals surface area contributed by atoms with E-state index in [4.69, 9.17) is 5.73 Å². The zero-order valence-electron chi connectivity index (χ0n) is 7.91. The lowest BCUT2D eigenvalue weighted by atomic mass is 10.2. The molecule has 1 rings (SSSR count). The molecule has 0 aromatic heterocycles. The summed E-state index contributed by atoms with van der Waals surface area (Å²) in [5.74, 6) is 0. The van der Waals surface area contributed by atoms with Crippen molar-refractivity contribution in [1.82, 2.24) is 0 Å². The van der Waals surface area contributed by atoms with Crippen LogP contribution in [-0.2, 0) is 0 Å². The van der Waals surface area contributed by atoms with Gasteiger partial charge in [0.15, 0.2) is 0 Å². The lowest BCUT2D eigenvalue weighted by Gasteiger charge is -2.11. The second-order valence-electron chi connectivity index (χ2n) is 3.12. The highest BCUT2D eigenvalue weighted by Crippen LogP contribution is 2.13. The van der Waals surface area contributed by atoms with E-state index < -0.39 is 0 Å². The fourth-order valence-corrected chi connectivity index (χ4v) is 1.36. The minimum atomic E-state index is -0.372. The van der Waals surface area contributed by atoms with Crippen LogP contribution in [0, 0.1) is 0 Å². The molecular weight excluding hydrogens is 244 g/mol. The van der Waals surface area contributed by atoms with E-state index in [9.17, 15) is 5.11 Å². The Bertz CT molecular complexity index is 263. The summed E-state index contributed by atoms with van der Waals surface area (Å²) in [6, 6.07) is 7.83. The SMILES string of the molecule is NCCC(O)CNc1ccc(Br)cc1. The van der Waals surface area contributed by atoms with Gasteiger partial charge in [0.25, 0.3) is 0 Å². The summed E-state index contributed by atoms with van der Waals surface area (Å²) < 4.78 is 1.05. The van der Waals surface area contributed by atoms with Gasteiger partial charge in [0.1, 0.15) is 0 Å². The molecule has 78 valence electrons. The van der Waals surface area contributed by atoms with Gasteiger partial charge in [-0.1, -0.05) is 15.9 Å². The van der Waals surface area contributed by atoms with Gasteiger partial charge < -0.3 is 16.2 Å². The van der Waals surface area contributed by atoms with Crippen molar-refractivity contribution in [2.45, 2.75) is 12.5 Å². The van der Waals surface area contributed by atoms with E-state index in [2.05, 4.69) is 21.2 Å². The molecule has 4 heteroatoms. The van der Waals surface area contributed by atoms with Crippen LogP contribution >= 0.6 is 15.9 Å². The molecule has 1 unspecified atom stereocenters. The van der Waals surface area contributed by atoms with Crippen LogP contribution < -0.4 is 11.1 Å². The Labute approximate surface area is 92.4 Å². The predicted octanol–water partition coefficient (Wildman–Crippen LogP) is 1.57. The average Bonchev–Trinajstić information content (AvgIpc) is 2.17. The molecular formula is C10H15BrN2O. The third-order valence-corrected chi connectivity index (χ3v) is 2.41. The molecule has 0 spiro atoms. The van der Waals surface area contributed by atoms with E-state index >= 15 is 0 Å². The van der Waals surface area contributed by atoms with Gasteiger partial charge >= 0.3 is 0 Å². The van der Waals surface area contributed by atoms with Gasteiger partial charge in [0.05, 0.1) is 6.10 Å². The Morgan fingerprint density at radius 1 is 1.36 bits per heavy atom. The third-order valence-electron chi connectivity index (χ3n) is 1.89. The van der Waals surface area contributed by atoms with Crippen molar-refractivity contribution in [2.24, 2.45) is 5.73 Å². The fraction of sp³-hybridized carbons (Fsp3) is 0.400. The van der Waals surface area contributed by atoms with Crippen molar-refractivity contribution in [3.8, 4) is 0 Å². The minimum absolute atomic E-state index is 0.372. The van der Waals surface area contributed by atoms with E-state index in [0.717, 1.165) is 10.2 Å². The van der Waals surface area contributed by atoms with E-state index in [-0.39, 0.29) is 6.10 Å².